The maximum absolute atomic E-state index is 11.6. The van der Waals surface area contributed by atoms with Crippen LogP contribution in [0.3, 0.4) is 0 Å². The van der Waals surface area contributed by atoms with Crippen LogP contribution < -0.4 is 10.5 Å². The molecule has 1 unspecified atom stereocenters. The van der Waals surface area contributed by atoms with Gasteiger partial charge in [-0.1, -0.05) is 6.92 Å². The lowest BCUT2D eigenvalue weighted by Gasteiger charge is -2.29. The number of thioether (sulfide) groups is 1. The molecule has 0 radical (unpaired) electrons. The summed E-state index contributed by atoms with van der Waals surface area (Å²) < 4.78 is 29.7. The summed E-state index contributed by atoms with van der Waals surface area (Å²) in [5.74, 6) is 0. The zero-order valence-electron chi connectivity index (χ0n) is 13.0. The number of methoxy groups -OCH3 is 1. The van der Waals surface area contributed by atoms with E-state index in [1.807, 2.05) is 0 Å². The molecule has 8 heteroatoms. The van der Waals surface area contributed by atoms with Gasteiger partial charge in [0.15, 0.2) is 0 Å². The van der Waals surface area contributed by atoms with Gasteiger partial charge in [-0.2, -0.15) is 0 Å². The fourth-order valence-corrected chi connectivity index (χ4v) is 6.51. The third-order valence-electron chi connectivity index (χ3n) is 3.65. The number of ether oxygens (including phenoxy) is 1. The first-order valence-corrected chi connectivity index (χ1v) is 10.8. The molecule has 1 aromatic heterocycles. The number of sulfonamides is 1. The molecule has 0 saturated heterocycles. The van der Waals surface area contributed by atoms with Crippen molar-refractivity contribution < 1.29 is 13.2 Å². The van der Waals surface area contributed by atoms with E-state index in [2.05, 4.69) is 12.2 Å². The van der Waals surface area contributed by atoms with Crippen LogP contribution in [0.1, 0.15) is 44.2 Å². The fourth-order valence-electron chi connectivity index (χ4n) is 2.57. The standard InChI is InChI=1S/C14H24N2O3S3/c1-3-6-16-12-8-10(5-4-7-19-2)20-14-11(12)9-13(21-14)22(15,17)18/h9-10,12,16H,3-8H2,1-2H3,(H2,15,17,18)/t10-,12?/m0/s1. The Hall–Kier alpha value is -0.120. The van der Waals surface area contributed by atoms with Crippen molar-refractivity contribution >= 4 is 33.1 Å². The Bertz CT molecular complexity index is 586. The zero-order valence-corrected chi connectivity index (χ0v) is 15.5. The molecule has 1 aliphatic rings. The molecule has 126 valence electrons. The Balaban J connectivity index is 2.18. The van der Waals surface area contributed by atoms with Gasteiger partial charge in [-0.25, -0.2) is 13.6 Å². The highest BCUT2D eigenvalue weighted by molar-refractivity contribution is 8.02. The van der Waals surface area contributed by atoms with Crippen molar-refractivity contribution in [2.45, 2.75) is 52.3 Å². The number of nitrogens with one attached hydrogen (secondary N) is 1. The van der Waals surface area contributed by atoms with Crippen LogP contribution in [0.5, 0.6) is 0 Å². The number of hydrogen-bond donors (Lipinski definition) is 2. The largest absolute Gasteiger partial charge is 0.385 e. The average Bonchev–Trinajstić information content (AvgIpc) is 2.89. The van der Waals surface area contributed by atoms with Gasteiger partial charge >= 0.3 is 0 Å². The van der Waals surface area contributed by atoms with Gasteiger partial charge in [0.05, 0.1) is 4.21 Å². The van der Waals surface area contributed by atoms with Gasteiger partial charge in [0, 0.05) is 25.0 Å². The minimum Gasteiger partial charge on any atom is -0.385 e. The van der Waals surface area contributed by atoms with Gasteiger partial charge in [0.1, 0.15) is 4.21 Å². The van der Waals surface area contributed by atoms with Crippen LogP contribution >= 0.6 is 23.1 Å². The van der Waals surface area contributed by atoms with Crippen LogP contribution in [0, 0.1) is 0 Å². The molecule has 1 aromatic rings. The molecule has 0 fully saturated rings. The minimum absolute atomic E-state index is 0.218. The Kier molecular flexibility index (Phi) is 6.73. The first kappa shape index (κ1) is 18.2. The summed E-state index contributed by atoms with van der Waals surface area (Å²) in [6.45, 7) is 3.83. The maximum Gasteiger partial charge on any atom is 0.247 e. The highest BCUT2D eigenvalue weighted by atomic mass is 32.3. The second kappa shape index (κ2) is 8.12. The molecular formula is C14H24N2O3S3. The molecule has 22 heavy (non-hydrogen) atoms. The van der Waals surface area contributed by atoms with Crippen molar-refractivity contribution in [1.82, 2.24) is 5.32 Å². The monoisotopic (exact) mass is 364 g/mol. The highest BCUT2D eigenvalue weighted by Crippen LogP contribution is 2.47. The quantitative estimate of drug-likeness (QED) is 0.693. The molecule has 0 amide bonds. The van der Waals surface area contributed by atoms with Gasteiger partial charge < -0.3 is 10.1 Å². The topological polar surface area (TPSA) is 81.4 Å². The minimum atomic E-state index is -3.62. The Morgan fingerprint density at radius 1 is 1.50 bits per heavy atom. The highest BCUT2D eigenvalue weighted by Gasteiger charge is 2.30. The first-order valence-electron chi connectivity index (χ1n) is 7.51. The smallest absolute Gasteiger partial charge is 0.247 e. The number of fused-ring (bicyclic) bond motifs is 1. The SMILES string of the molecule is CCCNC1C[C@H](CCCOC)Sc2sc(S(N)(=O)=O)cc21. The average molecular weight is 365 g/mol. The molecule has 2 rings (SSSR count). The third-order valence-corrected chi connectivity index (χ3v) is 7.76. The van der Waals surface area contributed by atoms with E-state index in [0.29, 0.717) is 5.25 Å². The Morgan fingerprint density at radius 3 is 2.91 bits per heavy atom. The van der Waals surface area contributed by atoms with Crippen LogP contribution in [-0.4, -0.2) is 33.9 Å². The normalized spacial score (nSPS) is 21.8. The number of rotatable bonds is 8. The van der Waals surface area contributed by atoms with Crippen molar-refractivity contribution in [3.05, 3.63) is 11.6 Å². The van der Waals surface area contributed by atoms with E-state index >= 15 is 0 Å². The summed E-state index contributed by atoms with van der Waals surface area (Å²) in [4.78, 5) is 0. The fraction of sp³-hybridized carbons (Fsp3) is 0.714. The molecule has 1 aliphatic heterocycles. The molecule has 3 N–H and O–H groups in total. The Morgan fingerprint density at radius 2 is 2.27 bits per heavy atom. The summed E-state index contributed by atoms with van der Waals surface area (Å²) in [6, 6.07) is 1.97. The summed E-state index contributed by atoms with van der Waals surface area (Å²) >= 11 is 3.09. The summed E-state index contributed by atoms with van der Waals surface area (Å²) in [6.07, 6.45) is 4.17. The van der Waals surface area contributed by atoms with Gasteiger partial charge in [0.2, 0.25) is 10.0 Å². The van der Waals surface area contributed by atoms with E-state index in [0.717, 1.165) is 48.6 Å². The lowest BCUT2D eigenvalue weighted by atomic mass is 10.0. The molecule has 2 atom stereocenters. The number of hydrogen-bond acceptors (Lipinski definition) is 6. The molecule has 0 aliphatic carbocycles. The van der Waals surface area contributed by atoms with E-state index < -0.39 is 10.0 Å². The molecule has 5 nitrogen and oxygen atoms in total. The van der Waals surface area contributed by atoms with Gasteiger partial charge in [-0.3, -0.25) is 0 Å². The van der Waals surface area contributed by atoms with Crippen molar-refractivity contribution in [2.75, 3.05) is 20.3 Å². The van der Waals surface area contributed by atoms with Crippen LogP contribution in [0.25, 0.3) is 0 Å². The van der Waals surface area contributed by atoms with Gasteiger partial charge in [-0.15, -0.1) is 23.1 Å². The summed E-state index contributed by atoms with van der Waals surface area (Å²) in [5, 5.41) is 9.31. The summed E-state index contributed by atoms with van der Waals surface area (Å²) in [5.41, 5.74) is 1.09. The maximum atomic E-state index is 11.6. The van der Waals surface area contributed by atoms with Gasteiger partial charge in [-0.05, 0) is 43.9 Å². The summed E-state index contributed by atoms with van der Waals surface area (Å²) in [7, 11) is -1.90. The van der Waals surface area contributed by atoms with Crippen molar-refractivity contribution in [3.63, 3.8) is 0 Å². The predicted molar refractivity (Wildman–Crippen MR) is 92.1 cm³/mol. The van der Waals surface area contributed by atoms with Crippen LogP contribution in [0.4, 0.5) is 0 Å². The van der Waals surface area contributed by atoms with E-state index in [4.69, 9.17) is 9.88 Å². The van der Waals surface area contributed by atoms with Gasteiger partial charge in [0.25, 0.3) is 0 Å². The van der Waals surface area contributed by atoms with Crippen molar-refractivity contribution in [3.8, 4) is 0 Å². The van der Waals surface area contributed by atoms with E-state index in [-0.39, 0.29) is 10.3 Å². The molecule has 0 spiro atoms. The van der Waals surface area contributed by atoms with Crippen molar-refractivity contribution in [2.24, 2.45) is 5.14 Å². The van der Waals surface area contributed by atoms with E-state index in [1.165, 1.54) is 11.3 Å². The third kappa shape index (κ3) is 4.69. The molecule has 0 aromatic carbocycles. The Labute approximate surface area is 141 Å². The predicted octanol–water partition coefficient (Wildman–Crippen LogP) is 2.73. The van der Waals surface area contributed by atoms with Crippen LogP contribution in [0.2, 0.25) is 0 Å². The first-order chi connectivity index (χ1) is 10.5. The number of nitrogens with two attached hydrogens (primary N) is 1. The van der Waals surface area contributed by atoms with Crippen LogP contribution in [0.15, 0.2) is 14.5 Å². The second-order valence-electron chi connectivity index (χ2n) is 5.47. The van der Waals surface area contributed by atoms with Crippen LogP contribution in [-0.2, 0) is 14.8 Å². The molecule has 0 saturated carbocycles. The second-order valence-corrected chi connectivity index (χ2v) is 9.88. The van der Waals surface area contributed by atoms with E-state index in [9.17, 15) is 8.42 Å². The zero-order chi connectivity index (χ0) is 16.2. The molecular weight excluding hydrogens is 340 g/mol. The van der Waals surface area contributed by atoms with Crippen molar-refractivity contribution in [1.29, 1.82) is 0 Å². The molecule has 0 bridgehead atoms. The number of primary sulfonamides is 1. The van der Waals surface area contributed by atoms with E-state index in [1.54, 1.807) is 24.9 Å². The lowest BCUT2D eigenvalue weighted by Crippen LogP contribution is -2.28. The number of thiophene rings is 1. The molecule has 2 heterocycles. The lowest BCUT2D eigenvalue weighted by molar-refractivity contribution is 0.192.